The van der Waals surface area contributed by atoms with E-state index in [9.17, 15) is 13.5 Å². The van der Waals surface area contributed by atoms with Crippen LogP contribution in [0, 0.1) is 5.92 Å². The van der Waals surface area contributed by atoms with Gasteiger partial charge in [0.1, 0.15) is 0 Å². The number of nitrogens with zero attached hydrogens (tertiary/aromatic N) is 1. The minimum atomic E-state index is -3.74. The van der Waals surface area contributed by atoms with Gasteiger partial charge < -0.3 is 15.7 Å². The molecule has 0 aromatic heterocycles. The lowest BCUT2D eigenvalue weighted by Crippen LogP contribution is -2.42. The van der Waals surface area contributed by atoms with Gasteiger partial charge in [-0.2, -0.15) is 0 Å². The standard InChI is InChI=1S/C12H19N3O3S/c1-8-7-15(5-4-12(8)16)11-6-9(19(14,17)18)2-3-10(11)13/h2-3,6,8,12,16H,4-5,7,13H2,1H3,(H2,14,17,18). The summed E-state index contributed by atoms with van der Waals surface area (Å²) in [6.07, 6.45) is 0.319. The Morgan fingerprint density at radius 3 is 2.68 bits per heavy atom. The molecule has 7 heteroatoms. The maximum atomic E-state index is 11.4. The first kappa shape index (κ1) is 14.1. The van der Waals surface area contributed by atoms with Gasteiger partial charge in [0, 0.05) is 13.1 Å². The molecule has 0 aliphatic carbocycles. The Morgan fingerprint density at radius 2 is 2.11 bits per heavy atom. The lowest BCUT2D eigenvalue weighted by Gasteiger charge is -2.36. The first-order valence-corrected chi connectivity index (χ1v) is 7.69. The Hall–Kier alpha value is -1.31. The molecule has 0 spiro atoms. The van der Waals surface area contributed by atoms with E-state index in [1.807, 2.05) is 11.8 Å². The second kappa shape index (κ2) is 4.99. The zero-order valence-electron chi connectivity index (χ0n) is 10.8. The van der Waals surface area contributed by atoms with Crippen LogP contribution in [0.25, 0.3) is 0 Å². The van der Waals surface area contributed by atoms with Crippen molar-refractivity contribution in [3.05, 3.63) is 18.2 Å². The molecule has 1 aliphatic heterocycles. The Kier molecular flexibility index (Phi) is 3.71. The number of anilines is 2. The van der Waals surface area contributed by atoms with Crippen LogP contribution in [-0.2, 0) is 10.0 Å². The fraction of sp³-hybridized carbons (Fsp3) is 0.500. The molecule has 106 valence electrons. The second-order valence-electron chi connectivity index (χ2n) is 5.04. The minimum absolute atomic E-state index is 0.0514. The van der Waals surface area contributed by atoms with Gasteiger partial charge in [-0.1, -0.05) is 6.92 Å². The van der Waals surface area contributed by atoms with E-state index in [4.69, 9.17) is 10.9 Å². The van der Waals surface area contributed by atoms with Gasteiger partial charge in [-0.3, -0.25) is 0 Å². The van der Waals surface area contributed by atoms with Crippen LogP contribution in [0.4, 0.5) is 11.4 Å². The Balaban J connectivity index is 2.34. The number of aliphatic hydroxyl groups is 1. The molecular weight excluding hydrogens is 266 g/mol. The third kappa shape index (κ3) is 2.99. The summed E-state index contributed by atoms with van der Waals surface area (Å²) in [5.74, 6) is 0.117. The summed E-state index contributed by atoms with van der Waals surface area (Å²) >= 11 is 0. The Morgan fingerprint density at radius 1 is 1.42 bits per heavy atom. The molecule has 0 saturated carbocycles. The van der Waals surface area contributed by atoms with Crippen molar-refractivity contribution in [1.29, 1.82) is 0 Å². The molecule has 0 amide bonds. The number of hydrogen-bond donors (Lipinski definition) is 3. The summed E-state index contributed by atoms with van der Waals surface area (Å²) in [6, 6.07) is 4.44. The van der Waals surface area contributed by atoms with Gasteiger partial charge in [0.15, 0.2) is 0 Å². The molecule has 2 rings (SSSR count). The molecule has 1 aromatic carbocycles. The minimum Gasteiger partial charge on any atom is -0.397 e. The van der Waals surface area contributed by atoms with Crippen molar-refractivity contribution in [3.8, 4) is 0 Å². The Bertz CT molecular complexity index is 574. The summed E-state index contributed by atoms with van der Waals surface area (Å²) in [5.41, 5.74) is 7.07. The topological polar surface area (TPSA) is 110 Å². The third-order valence-electron chi connectivity index (χ3n) is 3.53. The van der Waals surface area contributed by atoms with Crippen molar-refractivity contribution in [1.82, 2.24) is 0 Å². The van der Waals surface area contributed by atoms with E-state index >= 15 is 0 Å². The second-order valence-corrected chi connectivity index (χ2v) is 6.61. The van der Waals surface area contributed by atoms with Crippen molar-refractivity contribution >= 4 is 21.4 Å². The quantitative estimate of drug-likeness (QED) is 0.669. The highest BCUT2D eigenvalue weighted by molar-refractivity contribution is 7.89. The summed E-state index contributed by atoms with van der Waals surface area (Å²) < 4.78 is 22.7. The lowest BCUT2D eigenvalue weighted by molar-refractivity contribution is 0.0971. The molecule has 1 heterocycles. The average Bonchev–Trinajstić information content (AvgIpc) is 2.32. The van der Waals surface area contributed by atoms with Crippen LogP contribution in [0.1, 0.15) is 13.3 Å². The van der Waals surface area contributed by atoms with Gasteiger partial charge in [0.2, 0.25) is 10.0 Å². The fourth-order valence-corrected chi connectivity index (χ4v) is 2.86. The molecule has 6 nitrogen and oxygen atoms in total. The van der Waals surface area contributed by atoms with Crippen LogP contribution in [0.3, 0.4) is 0 Å². The van der Waals surface area contributed by atoms with Gasteiger partial charge in [-0.15, -0.1) is 0 Å². The van der Waals surface area contributed by atoms with Crippen LogP contribution in [0.5, 0.6) is 0 Å². The number of hydrogen-bond acceptors (Lipinski definition) is 5. The van der Waals surface area contributed by atoms with Crippen molar-refractivity contribution in [2.24, 2.45) is 11.1 Å². The van der Waals surface area contributed by atoms with Crippen LogP contribution in [0.2, 0.25) is 0 Å². The third-order valence-corrected chi connectivity index (χ3v) is 4.44. The summed E-state index contributed by atoms with van der Waals surface area (Å²) in [7, 11) is -3.74. The highest BCUT2D eigenvalue weighted by atomic mass is 32.2. The molecule has 0 radical (unpaired) electrons. The molecule has 1 fully saturated rings. The van der Waals surface area contributed by atoms with Gasteiger partial charge in [-0.05, 0) is 30.5 Å². The van der Waals surface area contributed by atoms with Crippen LogP contribution in [0.15, 0.2) is 23.1 Å². The van der Waals surface area contributed by atoms with Crippen molar-refractivity contribution in [2.75, 3.05) is 23.7 Å². The first-order valence-electron chi connectivity index (χ1n) is 6.14. The first-order chi connectivity index (χ1) is 8.79. The van der Waals surface area contributed by atoms with E-state index in [0.29, 0.717) is 30.9 Å². The monoisotopic (exact) mass is 285 g/mol. The number of benzene rings is 1. The number of piperidine rings is 1. The normalized spacial score (nSPS) is 24.5. The molecule has 0 bridgehead atoms. The van der Waals surface area contributed by atoms with Crippen LogP contribution >= 0.6 is 0 Å². The number of nitrogen functional groups attached to an aromatic ring is 1. The predicted molar refractivity (Wildman–Crippen MR) is 74.2 cm³/mol. The highest BCUT2D eigenvalue weighted by Crippen LogP contribution is 2.30. The van der Waals surface area contributed by atoms with E-state index in [1.165, 1.54) is 12.1 Å². The SMILES string of the molecule is CC1CN(c2cc(S(N)(=O)=O)ccc2N)CCC1O. The van der Waals surface area contributed by atoms with Crippen molar-refractivity contribution < 1.29 is 13.5 Å². The van der Waals surface area contributed by atoms with E-state index in [2.05, 4.69) is 0 Å². The van der Waals surface area contributed by atoms with Gasteiger partial charge in [0.05, 0.1) is 22.4 Å². The summed E-state index contributed by atoms with van der Waals surface area (Å²) in [4.78, 5) is 2.04. The van der Waals surface area contributed by atoms with E-state index in [1.54, 1.807) is 6.07 Å². The van der Waals surface area contributed by atoms with Crippen LogP contribution < -0.4 is 15.8 Å². The fourth-order valence-electron chi connectivity index (χ4n) is 2.33. The van der Waals surface area contributed by atoms with Crippen LogP contribution in [-0.4, -0.2) is 32.7 Å². The summed E-state index contributed by atoms with van der Waals surface area (Å²) in [6.45, 7) is 3.24. The largest absolute Gasteiger partial charge is 0.397 e. The number of primary sulfonamides is 1. The van der Waals surface area contributed by atoms with E-state index in [-0.39, 0.29) is 16.9 Å². The summed E-state index contributed by atoms with van der Waals surface area (Å²) in [5, 5.41) is 14.8. The van der Waals surface area contributed by atoms with Crippen molar-refractivity contribution in [3.63, 3.8) is 0 Å². The van der Waals surface area contributed by atoms with Crippen molar-refractivity contribution in [2.45, 2.75) is 24.3 Å². The molecule has 1 aromatic rings. The number of sulfonamides is 1. The number of nitrogens with two attached hydrogens (primary N) is 2. The molecule has 19 heavy (non-hydrogen) atoms. The zero-order chi connectivity index (χ0) is 14.2. The number of rotatable bonds is 2. The van der Waals surface area contributed by atoms with E-state index in [0.717, 1.165) is 0 Å². The molecule has 5 N–H and O–H groups in total. The zero-order valence-corrected chi connectivity index (χ0v) is 11.6. The molecular formula is C12H19N3O3S. The molecule has 1 saturated heterocycles. The van der Waals surface area contributed by atoms with Gasteiger partial charge in [0.25, 0.3) is 0 Å². The maximum Gasteiger partial charge on any atom is 0.238 e. The van der Waals surface area contributed by atoms with E-state index < -0.39 is 10.0 Å². The van der Waals surface area contributed by atoms with Gasteiger partial charge >= 0.3 is 0 Å². The maximum absolute atomic E-state index is 11.4. The smallest absolute Gasteiger partial charge is 0.238 e. The van der Waals surface area contributed by atoms with Gasteiger partial charge in [-0.25, -0.2) is 13.6 Å². The number of aliphatic hydroxyl groups excluding tert-OH is 1. The molecule has 2 atom stereocenters. The molecule has 2 unspecified atom stereocenters. The lowest BCUT2D eigenvalue weighted by atomic mass is 9.96. The highest BCUT2D eigenvalue weighted by Gasteiger charge is 2.26. The average molecular weight is 285 g/mol. The molecule has 1 aliphatic rings. The predicted octanol–water partition coefficient (Wildman–Crippen LogP) is 0.123. The Labute approximate surface area is 113 Å².